The van der Waals surface area contributed by atoms with E-state index in [1.165, 1.54) is 0 Å². The summed E-state index contributed by atoms with van der Waals surface area (Å²) in [6.07, 6.45) is 8.60. The summed E-state index contributed by atoms with van der Waals surface area (Å²) < 4.78 is 0. The molecule has 4 aromatic rings. The molecule has 0 bridgehead atoms. The van der Waals surface area contributed by atoms with E-state index in [4.69, 9.17) is 0 Å². The van der Waals surface area contributed by atoms with Crippen molar-refractivity contribution in [2.75, 3.05) is 0 Å². The summed E-state index contributed by atoms with van der Waals surface area (Å²) in [7, 11) is 0. The first kappa shape index (κ1) is 15.4. The van der Waals surface area contributed by atoms with Crippen LogP contribution in [0.25, 0.3) is 22.6 Å². The van der Waals surface area contributed by atoms with Crippen LogP contribution in [0.4, 0.5) is 0 Å². The fourth-order valence-electron chi connectivity index (χ4n) is 2.09. The molecule has 0 aliphatic carbocycles. The van der Waals surface area contributed by atoms with Gasteiger partial charge in [0.25, 0.3) is 0 Å². The van der Waals surface area contributed by atoms with Gasteiger partial charge in [-0.05, 0) is 48.5 Å². The van der Waals surface area contributed by atoms with Gasteiger partial charge in [-0.25, -0.2) is 0 Å². The van der Waals surface area contributed by atoms with Crippen LogP contribution in [0.1, 0.15) is 0 Å². The molecule has 0 aliphatic rings. The van der Waals surface area contributed by atoms with E-state index in [1.807, 2.05) is 60.7 Å². The maximum absolute atomic E-state index is 4.42. The van der Waals surface area contributed by atoms with E-state index in [0.717, 1.165) is 22.6 Å². The lowest BCUT2D eigenvalue weighted by Crippen LogP contribution is -1.92. The van der Waals surface area contributed by atoms with Gasteiger partial charge in [0.1, 0.15) is 0 Å². The molecule has 0 saturated heterocycles. The van der Waals surface area contributed by atoms with Crippen molar-refractivity contribution in [3.05, 3.63) is 91.6 Å². The summed E-state index contributed by atoms with van der Waals surface area (Å²) in [4.78, 5) is 13.1. The summed E-state index contributed by atoms with van der Waals surface area (Å²) >= 11 is 0. The van der Waals surface area contributed by atoms with Crippen molar-refractivity contribution < 1.29 is 0 Å². The van der Waals surface area contributed by atoms with Crippen molar-refractivity contribution in [2.24, 2.45) is 0 Å². The maximum Gasteiger partial charge on any atom is 0.0980 e. The van der Waals surface area contributed by atoms with E-state index < -0.39 is 0 Å². The van der Waals surface area contributed by atoms with Crippen LogP contribution in [0, 0.1) is 0 Å². The number of rotatable bonds is 2. The Balaban J connectivity index is 0.000000238. The summed E-state index contributed by atoms with van der Waals surface area (Å²) in [5.41, 5.74) is 3.62. The largest absolute Gasteiger partial charge is 0.256 e. The van der Waals surface area contributed by atoms with Crippen molar-refractivity contribution in [1.29, 1.82) is 0 Å². The average molecular weight is 313 g/mol. The van der Waals surface area contributed by atoms with Crippen molar-refractivity contribution in [3.8, 4) is 22.6 Å². The summed E-state index contributed by atoms with van der Waals surface area (Å²) in [5, 5.41) is 7.07. The normalized spacial score (nSPS) is 9.67. The predicted octanol–water partition coefficient (Wildman–Crippen LogP) is 3.68. The third-order valence-electron chi connectivity index (χ3n) is 3.14. The standard InChI is InChI=1S/C15H11N3.C4H4N2/c1-3-9-16-13(7-1)12-6-5-11-18-15(12)14-8-2-4-10-17-14;1-2-4-6-5-3-1/h1-11H;1-4H. The molecular weight excluding hydrogens is 298 g/mol. The molecule has 0 atom stereocenters. The smallest absolute Gasteiger partial charge is 0.0980 e. The van der Waals surface area contributed by atoms with Crippen LogP contribution in [-0.2, 0) is 0 Å². The van der Waals surface area contributed by atoms with Gasteiger partial charge in [-0.15, -0.1) is 0 Å². The Hall–Kier alpha value is -3.47. The van der Waals surface area contributed by atoms with Crippen LogP contribution in [0.5, 0.6) is 0 Å². The van der Waals surface area contributed by atoms with Crippen molar-refractivity contribution in [3.63, 3.8) is 0 Å². The molecule has 0 unspecified atom stereocenters. The third-order valence-corrected chi connectivity index (χ3v) is 3.14. The SMILES string of the molecule is c1ccc(-c2cccnc2-c2ccccn2)nc1.c1ccnnc1. The van der Waals surface area contributed by atoms with E-state index >= 15 is 0 Å². The van der Waals surface area contributed by atoms with Crippen LogP contribution in [0.15, 0.2) is 91.6 Å². The van der Waals surface area contributed by atoms with Gasteiger partial charge in [0.2, 0.25) is 0 Å². The molecule has 0 amide bonds. The van der Waals surface area contributed by atoms with Crippen LogP contribution in [0.3, 0.4) is 0 Å². The molecule has 0 spiro atoms. The Kier molecular flexibility index (Phi) is 5.30. The van der Waals surface area contributed by atoms with Crippen LogP contribution >= 0.6 is 0 Å². The average Bonchev–Trinajstić information content (AvgIpc) is 2.71. The van der Waals surface area contributed by atoms with Crippen molar-refractivity contribution in [1.82, 2.24) is 25.1 Å². The quantitative estimate of drug-likeness (QED) is 0.565. The Morgan fingerprint density at radius 2 is 1.04 bits per heavy atom. The molecule has 0 N–H and O–H groups in total. The first-order chi connectivity index (χ1) is 11.9. The second-order valence-electron chi connectivity index (χ2n) is 4.74. The van der Waals surface area contributed by atoms with Gasteiger partial charge in [0.15, 0.2) is 0 Å². The molecule has 4 aromatic heterocycles. The minimum Gasteiger partial charge on any atom is -0.256 e. The summed E-state index contributed by atoms with van der Waals surface area (Å²) in [5.74, 6) is 0. The minimum atomic E-state index is 0.858. The Morgan fingerprint density at radius 3 is 1.58 bits per heavy atom. The first-order valence-electron chi connectivity index (χ1n) is 7.44. The lowest BCUT2D eigenvalue weighted by atomic mass is 10.1. The number of pyridine rings is 3. The van der Waals surface area contributed by atoms with Gasteiger partial charge < -0.3 is 0 Å². The van der Waals surface area contributed by atoms with E-state index in [9.17, 15) is 0 Å². The molecule has 116 valence electrons. The summed E-state index contributed by atoms with van der Waals surface area (Å²) in [6.45, 7) is 0. The molecular formula is C19H15N5. The lowest BCUT2D eigenvalue weighted by Gasteiger charge is -2.06. The van der Waals surface area contributed by atoms with Gasteiger partial charge in [-0.1, -0.05) is 12.1 Å². The van der Waals surface area contributed by atoms with Gasteiger partial charge in [-0.3, -0.25) is 15.0 Å². The van der Waals surface area contributed by atoms with E-state index in [2.05, 4.69) is 25.1 Å². The maximum atomic E-state index is 4.42. The molecule has 4 heterocycles. The zero-order chi connectivity index (χ0) is 16.5. The van der Waals surface area contributed by atoms with Crippen LogP contribution in [0.2, 0.25) is 0 Å². The van der Waals surface area contributed by atoms with Crippen molar-refractivity contribution in [2.45, 2.75) is 0 Å². The Morgan fingerprint density at radius 1 is 0.458 bits per heavy atom. The zero-order valence-corrected chi connectivity index (χ0v) is 12.9. The highest BCUT2D eigenvalue weighted by Crippen LogP contribution is 2.26. The number of hydrogen-bond acceptors (Lipinski definition) is 5. The second-order valence-corrected chi connectivity index (χ2v) is 4.74. The first-order valence-corrected chi connectivity index (χ1v) is 7.44. The number of hydrogen-bond donors (Lipinski definition) is 0. The molecule has 0 aromatic carbocycles. The van der Waals surface area contributed by atoms with Gasteiger partial charge in [0.05, 0.1) is 17.1 Å². The predicted molar refractivity (Wildman–Crippen MR) is 92.7 cm³/mol. The Labute approximate surface area is 140 Å². The topological polar surface area (TPSA) is 64.5 Å². The van der Waals surface area contributed by atoms with E-state index in [0.29, 0.717) is 0 Å². The highest BCUT2D eigenvalue weighted by Gasteiger charge is 2.09. The molecule has 4 rings (SSSR count). The van der Waals surface area contributed by atoms with Gasteiger partial charge in [-0.2, -0.15) is 10.2 Å². The van der Waals surface area contributed by atoms with E-state index in [1.54, 1.807) is 31.0 Å². The Bertz CT molecular complexity index is 767. The van der Waals surface area contributed by atoms with E-state index in [-0.39, 0.29) is 0 Å². The monoisotopic (exact) mass is 313 g/mol. The number of aromatic nitrogens is 5. The lowest BCUT2D eigenvalue weighted by molar-refractivity contribution is 1.03. The highest BCUT2D eigenvalue weighted by atomic mass is 15.1. The molecule has 0 radical (unpaired) electrons. The zero-order valence-electron chi connectivity index (χ0n) is 12.9. The molecule has 0 fully saturated rings. The second kappa shape index (κ2) is 8.24. The van der Waals surface area contributed by atoms with Gasteiger partial charge in [0, 0.05) is 36.5 Å². The van der Waals surface area contributed by atoms with Crippen LogP contribution in [-0.4, -0.2) is 25.1 Å². The molecule has 5 heteroatoms. The summed E-state index contributed by atoms with van der Waals surface area (Å²) in [6, 6.07) is 19.2. The molecule has 0 saturated carbocycles. The molecule has 5 nitrogen and oxygen atoms in total. The number of nitrogens with zero attached hydrogens (tertiary/aromatic N) is 5. The molecule has 24 heavy (non-hydrogen) atoms. The minimum absolute atomic E-state index is 0.858. The van der Waals surface area contributed by atoms with Crippen molar-refractivity contribution >= 4 is 0 Å². The van der Waals surface area contributed by atoms with Gasteiger partial charge >= 0.3 is 0 Å². The molecule has 0 aliphatic heterocycles. The fraction of sp³-hybridized carbons (Fsp3) is 0. The highest BCUT2D eigenvalue weighted by molar-refractivity contribution is 5.76. The third kappa shape index (κ3) is 4.04. The fourth-order valence-corrected chi connectivity index (χ4v) is 2.09. The van der Waals surface area contributed by atoms with Crippen LogP contribution < -0.4 is 0 Å².